The van der Waals surface area contributed by atoms with E-state index in [9.17, 15) is 10.1 Å². The van der Waals surface area contributed by atoms with Crippen molar-refractivity contribution >= 4 is 12.0 Å². The maximum atomic E-state index is 12.0. The molecule has 0 spiro atoms. The Balaban J connectivity index is 1.79. The van der Waals surface area contributed by atoms with Crippen LogP contribution in [0, 0.1) is 11.3 Å². The summed E-state index contributed by atoms with van der Waals surface area (Å²) in [6, 6.07) is 16.0. The SMILES string of the molecule is N#C/C(=C/c1ccc2c(c1)OCO2)NC(=O)c1ccccc1. The van der Waals surface area contributed by atoms with Crippen molar-refractivity contribution in [3.05, 3.63) is 65.4 Å². The lowest BCUT2D eigenvalue weighted by Crippen LogP contribution is -2.21. The van der Waals surface area contributed by atoms with E-state index in [1.807, 2.05) is 12.1 Å². The topological polar surface area (TPSA) is 71.3 Å². The Morgan fingerprint density at radius 1 is 1.14 bits per heavy atom. The molecule has 0 atom stereocenters. The molecule has 108 valence electrons. The Labute approximate surface area is 127 Å². The maximum Gasteiger partial charge on any atom is 0.256 e. The first-order chi connectivity index (χ1) is 10.8. The number of nitrogens with one attached hydrogen (secondary N) is 1. The van der Waals surface area contributed by atoms with Gasteiger partial charge in [0.2, 0.25) is 6.79 Å². The summed E-state index contributed by atoms with van der Waals surface area (Å²) in [4.78, 5) is 12.0. The molecule has 0 bridgehead atoms. The van der Waals surface area contributed by atoms with Crippen LogP contribution in [-0.2, 0) is 0 Å². The van der Waals surface area contributed by atoms with E-state index in [4.69, 9.17) is 9.47 Å². The number of carbonyl (C=O) groups is 1. The molecule has 3 rings (SSSR count). The number of nitrogens with zero attached hydrogens (tertiary/aromatic N) is 1. The van der Waals surface area contributed by atoms with Crippen molar-refractivity contribution in [3.63, 3.8) is 0 Å². The number of rotatable bonds is 3. The number of hydrogen-bond donors (Lipinski definition) is 1. The summed E-state index contributed by atoms with van der Waals surface area (Å²) >= 11 is 0. The molecule has 1 aliphatic rings. The fourth-order valence-electron chi connectivity index (χ4n) is 2.05. The van der Waals surface area contributed by atoms with Gasteiger partial charge in [0.05, 0.1) is 0 Å². The molecule has 22 heavy (non-hydrogen) atoms. The van der Waals surface area contributed by atoms with Gasteiger partial charge in [0, 0.05) is 5.56 Å². The van der Waals surface area contributed by atoms with Crippen LogP contribution in [0.5, 0.6) is 11.5 Å². The van der Waals surface area contributed by atoms with Gasteiger partial charge in [0.25, 0.3) is 5.91 Å². The number of allylic oxidation sites excluding steroid dienone is 1. The van der Waals surface area contributed by atoms with E-state index >= 15 is 0 Å². The predicted molar refractivity (Wildman–Crippen MR) is 80.1 cm³/mol. The van der Waals surface area contributed by atoms with Gasteiger partial charge in [0.1, 0.15) is 11.8 Å². The summed E-state index contributed by atoms with van der Waals surface area (Å²) in [5.74, 6) is 0.971. The van der Waals surface area contributed by atoms with Gasteiger partial charge in [-0.25, -0.2) is 0 Å². The van der Waals surface area contributed by atoms with Gasteiger partial charge in [-0.3, -0.25) is 4.79 Å². The largest absolute Gasteiger partial charge is 0.454 e. The van der Waals surface area contributed by atoms with E-state index < -0.39 is 0 Å². The highest BCUT2D eigenvalue weighted by Crippen LogP contribution is 2.32. The van der Waals surface area contributed by atoms with E-state index in [0.29, 0.717) is 17.1 Å². The molecular weight excluding hydrogens is 280 g/mol. The Kier molecular flexibility index (Phi) is 3.75. The average molecular weight is 292 g/mol. The first kappa shape index (κ1) is 13.7. The number of amides is 1. The number of hydrogen-bond acceptors (Lipinski definition) is 4. The number of fused-ring (bicyclic) bond motifs is 1. The zero-order valence-electron chi connectivity index (χ0n) is 11.6. The van der Waals surface area contributed by atoms with Crippen molar-refractivity contribution in [3.8, 4) is 17.6 Å². The molecular formula is C17H12N2O3. The minimum Gasteiger partial charge on any atom is -0.454 e. The molecule has 0 aliphatic carbocycles. The monoisotopic (exact) mass is 292 g/mol. The lowest BCUT2D eigenvalue weighted by atomic mass is 10.1. The molecule has 0 saturated carbocycles. The molecule has 0 aromatic heterocycles. The highest BCUT2D eigenvalue weighted by molar-refractivity contribution is 5.96. The molecule has 2 aromatic rings. The second-order valence-corrected chi connectivity index (χ2v) is 4.60. The zero-order valence-corrected chi connectivity index (χ0v) is 11.6. The second-order valence-electron chi connectivity index (χ2n) is 4.60. The van der Waals surface area contributed by atoms with Gasteiger partial charge in [-0.2, -0.15) is 5.26 Å². The van der Waals surface area contributed by atoms with E-state index in [1.165, 1.54) is 0 Å². The number of benzene rings is 2. The van der Waals surface area contributed by atoms with Crippen molar-refractivity contribution in [1.29, 1.82) is 5.26 Å². The van der Waals surface area contributed by atoms with Gasteiger partial charge in [-0.1, -0.05) is 24.3 Å². The van der Waals surface area contributed by atoms with Gasteiger partial charge in [0.15, 0.2) is 11.5 Å². The standard InChI is InChI=1S/C17H12N2O3/c18-10-14(19-17(20)13-4-2-1-3-5-13)8-12-6-7-15-16(9-12)22-11-21-15/h1-9H,11H2,(H,19,20)/b14-8-. The number of carbonyl (C=O) groups excluding carboxylic acids is 1. The van der Waals surface area contributed by atoms with Crippen molar-refractivity contribution in [1.82, 2.24) is 5.32 Å². The number of ether oxygens (including phenoxy) is 2. The van der Waals surface area contributed by atoms with E-state index in [-0.39, 0.29) is 18.4 Å². The third-order valence-corrected chi connectivity index (χ3v) is 3.11. The normalized spacial score (nSPS) is 12.6. The molecule has 5 nitrogen and oxygen atoms in total. The summed E-state index contributed by atoms with van der Waals surface area (Å²) in [6.45, 7) is 0.193. The van der Waals surface area contributed by atoms with Gasteiger partial charge in [-0.15, -0.1) is 0 Å². The molecule has 0 radical (unpaired) electrons. The summed E-state index contributed by atoms with van der Waals surface area (Å²) in [7, 11) is 0. The first-order valence-corrected chi connectivity index (χ1v) is 6.64. The highest BCUT2D eigenvalue weighted by Gasteiger charge is 2.13. The van der Waals surface area contributed by atoms with Crippen molar-refractivity contribution < 1.29 is 14.3 Å². The Hall–Kier alpha value is -3.26. The predicted octanol–water partition coefficient (Wildman–Crippen LogP) is 2.71. The second kappa shape index (κ2) is 6.02. The summed E-state index contributed by atoms with van der Waals surface area (Å²) in [6.07, 6.45) is 1.59. The highest BCUT2D eigenvalue weighted by atomic mass is 16.7. The van der Waals surface area contributed by atoms with Gasteiger partial charge < -0.3 is 14.8 Å². The summed E-state index contributed by atoms with van der Waals surface area (Å²) in [5.41, 5.74) is 1.40. The fraction of sp³-hybridized carbons (Fsp3) is 0.0588. The molecule has 1 aliphatic heterocycles. The first-order valence-electron chi connectivity index (χ1n) is 6.64. The van der Waals surface area contributed by atoms with E-state index in [1.54, 1.807) is 48.5 Å². The lowest BCUT2D eigenvalue weighted by molar-refractivity contribution is 0.0968. The molecule has 0 saturated heterocycles. The molecule has 5 heteroatoms. The third kappa shape index (κ3) is 2.91. The quantitative estimate of drug-likeness (QED) is 0.883. The molecule has 0 fully saturated rings. The Morgan fingerprint density at radius 3 is 2.68 bits per heavy atom. The van der Waals surface area contributed by atoms with Crippen LogP contribution in [0.1, 0.15) is 15.9 Å². The summed E-state index contributed by atoms with van der Waals surface area (Å²) in [5, 5.41) is 11.8. The smallest absolute Gasteiger partial charge is 0.256 e. The molecule has 1 N–H and O–H groups in total. The van der Waals surface area contributed by atoms with Crippen LogP contribution >= 0.6 is 0 Å². The Bertz CT molecular complexity index is 776. The zero-order chi connectivity index (χ0) is 15.4. The van der Waals surface area contributed by atoms with Crippen LogP contribution in [0.15, 0.2) is 54.2 Å². The van der Waals surface area contributed by atoms with Crippen molar-refractivity contribution in [2.75, 3.05) is 6.79 Å². The lowest BCUT2D eigenvalue weighted by Gasteiger charge is -2.04. The average Bonchev–Trinajstić information content (AvgIpc) is 3.02. The van der Waals surface area contributed by atoms with Crippen LogP contribution in [0.25, 0.3) is 6.08 Å². The van der Waals surface area contributed by atoms with E-state index in [2.05, 4.69) is 5.32 Å². The molecule has 0 unspecified atom stereocenters. The minimum atomic E-state index is -0.325. The summed E-state index contributed by atoms with van der Waals surface area (Å²) < 4.78 is 10.5. The molecule has 1 amide bonds. The maximum absolute atomic E-state index is 12.0. The molecule has 2 aromatic carbocycles. The molecule has 1 heterocycles. The third-order valence-electron chi connectivity index (χ3n) is 3.11. The minimum absolute atomic E-state index is 0.160. The fourth-order valence-corrected chi connectivity index (χ4v) is 2.05. The number of nitriles is 1. The Morgan fingerprint density at radius 2 is 1.91 bits per heavy atom. The van der Waals surface area contributed by atoms with Crippen LogP contribution < -0.4 is 14.8 Å². The van der Waals surface area contributed by atoms with Crippen molar-refractivity contribution in [2.45, 2.75) is 0 Å². The van der Waals surface area contributed by atoms with Crippen LogP contribution in [-0.4, -0.2) is 12.7 Å². The van der Waals surface area contributed by atoms with Crippen molar-refractivity contribution in [2.24, 2.45) is 0 Å². The van der Waals surface area contributed by atoms with Crippen LogP contribution in [0.4, 0.5) is 0 Å². The van der Waals surface area contributed by atoms with Crippen LogP contribution in [0.3, 0.4) is 0 Å². The van der Waals surface area contributed by atoms with Gasteiger partial charge >= 0.3 is 0 Å². The van der Waals surface area contributed by atoms with Crippen LogP contribution in [0.2, 0.25) is 0 Å². The van der Waals surface area contributed by atoms with E-state index in [0.717, 1.165) is 5.56 Å². The van der Waals surface area contributed by atoms with Gasteiger partial charge in [-0.05, 0) is 35.9 Å².